The third kappa shape index (κ3) is 1.60. The van der Waals surface area contributed by atoms with E-state index in [9.17, 15) is 4.79 Å². The summed E-state index contributed by atoms with van der Waals surface area (Å²) in [5.41, 5.74) is -0.417. The molecule has 1 aromatic heterocycles. The standard InChI is InChI=1S/C7H9ClN2O3/c1-10-7(11)4(8)5(12-2)6(9-10)13-3/h1-3H3. The van der Waals surface area contributed by atoms with Crippen molar-refractivity contribution in [2.24, 2.45) is 7.05 Å². The Kier molecular flexibility index (Phi) is 2.77. The average Bonchev–Trinajstić information content (AvgIpc) is 2.13. The second-order valence-electron chi connectivity index (χ2n) is 2.29. The number of hydrogen-bond acceptors (Lipinski definition) is 4. The molecule has 0 aliphatic rings. The van der Waals surface area contributed by atoms with E-state index in [0.717, 1.165) is 4.68 Å². The number of aryl methyl sites for hydroxylation is 1. The second kappa shape index (κ2) is 3.66. The summed E-state index contributed by atoms with van der Waals surface area (Å²) in [6, 6.07) is 0. The first-order valence-corrected chi connectivity index (χ1v) is 3.84. The van der Waals surface area contributed by atoms with Crippen LogP contribution in [-0.4, -0.2) is 24.0 Å². The number of rotatable bonds is 2. The predicted octanol–water partition coefficient (Wildman–Crippen LogP) is 0.451. The third-order valence-corrected chi connectivity index (χ3v) is 1.85. The first-order chi connectivity index (χ1) is 6.11. The maximum absolute atomic E-state index is 11.2. The van der Waals surface area contributed by atoms with E-state index in [4.69, 9.17) is 21.1 Å². The van der Waals surface area contributed by atoms with Gasteiger partial charge in [0.05, 0.1) is 14.2 Å². The van der Waals surface area contributed by atoms with Gasteiger partial charge in [-0.1, -0.05) is 11.6 Å². The van der Waals surface area contributed by atoms with E-state index in [1.165, 1.54) is 21.3 Å². The fourth-order valence-electron chi connectivity index (χ4n) is 0.871. The van der Waals surface area contributed by atoms with Gasteiger partial charge in [0.15, 0.2) is 5.02 Å². The summed E-state index contributed by atoms with van der Waals surface area (Å²) in [5, 5.41) is 3.76. The molecule has 13 heavy (non-hydrogen) atoms. The first-order valence-electron chi connectivity index (χ1n) is 3.46. The largest absolute Gasteiger partial charge is 0.490 e. The molecule has 1 rings (SSSR count). The van der Waals surface area contributed by atoms with E-state index in [-0.39, 0.29) is 16.7 Å². The zero-order valence-corrected chi connectivity index (χ0v) is 8.25. The smallest absolute Gasteiger partial charge is 0.289 e. The molecule has 0 unspecified atom stereocenters. The average molecular weight is 205 g/mol. The quantitative estimate of drug-likeness (QED) is 0.702. The van der Waals surface area contributed by atoms with Crippen molar-refractivity contribution in [2.75, 3.05) is 14.2 Å². The third-order valence-electron chi connectivity index (χ3n) is 1.51. The lowest BCUT2D eigenvalue weighted by Gasteiger charge is -2.08. The Hall–Kier alpha value is -1.23. The molecule has 0 saturated heterocycles. The van der Waals surface area contributed by atoms with Crippen LogP contribution in [0.4, 0.5) is 0 Å². The molecular weight excluding hydrogens is 196 g/mol. The molecule has 1 aromatic rings. The van der Waals surface area contributed by atoms with Crippen molar-refractivity contribution in [1.82, 2.24) is 9.78 Å². The molecule has 0 radical (unpaired) electrons. The van der Waals surface area contributed by atoms with Crippen molar-refractivity contribution in [2.45, 2.75) is 0 Å². The number of ether oxygens (including phenoxy) is 2. The topological polar surface area (TPSA) is 53.4 Å². The Morgan fingerprint density at radius 3 is 2.46 bits per heavy atom. The van der Waals surface area contributed by atoms with E-state index in [1.807, 2.05) is 0 Å². The molecule has 0 aliphatic heterocycles. The van der Waals surface area contributed by atoms with Gasteiger partial charge in [-0.3, -0.25) is 4.79 Å². The lowest BCUT2D eigenvalue weighted by Crippen LogP contribution is -2.21. The first kappa shape index (κ1) is 9.85. The maximum Gasteiger partial charge on any atom is 0.289 e. The van der Waals surface area contributed by atoms with Gasteiger partial charge in [-0.05, 0) is 0 Å². The van der Waals surface area contributed by atoms with Crippen molar-refractivity contribution in [3.63, 3.8) is 0 Å². The highest BCUT2D eigenvalue weighted by Crippen LogP contribution is 2.28. The number of methoxy groups -OCH3 is 2. The number of aromatic nitrogens is 2. The highest BCUT2D eigenvalue weighted by molar-refractivity contribution is 6.32. The second-order valence-corrected chi connectivity index (χ2v) is 2.66. The Morgan fingerprint density at radius 2 is 2.00 bits per heavy atom. The van der Waals surface area contributed by atoms with E-state index in [1.54, 1.807) is 0 Å². The minimum absolute atomic E-state index is 0.0307. The van der Waals surface area contributed by atoms with Crippen LogP contribution in [-0.2, 0) is 7.05 Å². The van der Waals surface area contributed by atoms with Gasteiger partial charge in [0.1, 0.15) is 0 Å². The maximum atomic E-state index is 11.2. The fourth-order valence-corrected chi connectivity index (χ4v) is 1.15. The van der Waals surface area contributed by atoms with Gasteiger partial charge < -0.3 is 9.47 Å². The number of nitrogens with zero attached hydrogens (tertiary/aromatic N) is 2. The summed E-state index contributed by atoms with van der Waals surface area (Å²) < 4.78 is 10.8. The molecule has 0 bridgehead atoms. The molecule has 0 spiro atoms. The molecule has 1 heterocycles. The Labute approximate surface area is 79.8 Å². The summed E-state index contributed by atoms with van der Waals surface area (Å²) in [4.78, 5) is 11.2. The Bertz CT molecular complexity index is 375. The van der Waals surface area contributed by atoms with Crippen molar-refractivity contribution < 1.29 is 9.47 Å². The Morgan fingerprint density at radius 1 is 1.38 bits per heavy atom. The molecule has 6 heteroatoms. The fraction of sp³-hybridized carbons (Fsp3) is 0.429. The van der Waals surface area contributed by atoms with Crippen molar-refractivity contribution in [3.05, 3.63) is 15.4 Å². The van der Waals surface area contributed by atoms with Crippen molar-refractivity contribution in [1.29, 1.82) is 0 Å². The highest BCUT2D eigenvalue weighted by atomic mass is 35.5. The van der Waals surface area contributed by atoms with Crippen LogP contribution >= 0.6 is 11.6 Å². The summed E-state index contributed by atoms with van der Waals surface area (Å²) in [6.45, 7) is 0. The molecule has 0 fully saturated rings. The summed E-state index contributed by atoms with van der Waals surface area (Å²) in [6.07, 6.45) is 0. The van der Waals surface area contributed by atoms with E-state index in [0.29, 0.717) is 0 Å². The summed E-state index contributed by atoms with van der Waals surface area (Å²) in [7, 11) is 4.30. The molecule has 72 valence electrons. The SMILES string of the molecule is COc1nn(C)c(=O)c(Cl)c1OC. The minimum Gasteiger partial charge on any atom is -0.490 e. The summed E-state index contributed by atoms with van der Waals surface area (Å²) >= 11 is 5.70. The molecular formula is C7H9ClN2O3. The monoisotopic (exact) mass is 204 g/mol. The van der Waals surface area contributed by atoms with Crippen LogP contribution in [0.3, 0.4) is 0 Å². The van der Waals surface area contributed by atoms with Crippen molar-refractivity contribution in [3.8, 4) is 11.6 Å². The molecule has 0 saturated carbocycles. The van der Waals surface area contributed by atoms with Gasteiger partial charge in [-0.15, -0.1) is 5.10 Å². The van der Waals surface area contributed by atoms with Crippen LogP contribution < -0.4 is 15.0 Å². The predicted molar refractivity (Wildman–Crippen MR) is 47.6 cm³/mol. The number of halogens is 1. The summed E-state index contributed by atoms with van der Waals surface area (Å²) in [5.74, 6) is 0.349. The van der Waals surface area contributed by atoms with Crippen LogP contribution in [0.1, 0.15) is 0 Å². The van der Waals surface area contributed by atoms with Gasteiger partial charge in [-0.2, -0.15) is 0 Å². The van der Waals surface area contributed by atoms with E-state index >= 15 is 0 Å². The van der Waals surface area contributed by atoms with Gasteiger partial charge in [0, 0.05) is 7.05 Å². The molecule has 0 atom stereocenters. The van der Waals surface area contributed by atoms with Crippen LogP contribution in [0.5, 0.6) is 11.6 Å². The van der Waals surface area contributed by atoms with Gasteiger partial charge in [0.2, 0.25) is 5.75 Å². The Balaban J connectivity index is 3.48. The van der Waals surface area contributed by atoms with Gasteiger partial charge in [0.25, 0.3) is 11.4 Å². The van der Waals surface area contributed by atoms with E-state index in [2.05, 4.69) is 5.10 Å². The normalized spacial score (nSPS) is 9.85. The van der Waals surface area contributed by atoms with E-state index < -0.39 is 5.56 Å². The van der Waals surface area contributed by atoms with Gasteiger partial charge in [-0.25, -0.2) is 4.68 Å². The van der Waals surface area contributed by atoms with Crippen LogP contribution in [0, 0.1) is 0 Å². The van der Waals surface area contributed by atoms with Crippen molar-refractivity contribution >= 4 is 11.6 Å². The lowest BCUT2D eigenvalue weighted by atomic mass is 10.5. The number of hydrogen-bond donors (Lipinski definition) is 0. The lowest BCUT2D eigenvalue weighted by molar-refractivity contribution is 0.331. The molecule has 0 N–H and O–H groups in total. The van der Waals surface area contributed by atoms with Crippen LogP contribution in [0.2, 0.25) is 5.02 Å². The molecule has 0 aromatic carbocycles. The molecule has 5 nitrogen and oxygen atoms in total. The zero-order valence-electron chi connectivity index (χ0n) is 7.50. The van der Waals surface area contributed by atoms with Crippen LogP contribution in [0.15, 0.2) is 4.79 Å². The van der Waals surface area contributed by atoms with Gasteiger partial charge >= 0.3 is 0 Å². The zero-order chi connectivity index (χ0) is 10.0. The van der Waals surface area contributed by atoms with Crippen LogP contribution in [0.25, 0.3) is 0 Å². The minimum atomic E-state index is -0.417. The molecule has 0 aliphatic carbocycles. The highest BCUT2D eigenvalue weighted by Gasteiger charge is 2.15. The molecule has 0 amide bonds.